The number of nitrogens with one attached hydrogen (secondary N) is 1. The third-order valence-corrected chi connectivity index (χ3v) is 3.35. The highest BCUT2D eigenvalue weighted by atomic mass is 35.5. The van der Waals surface area contributed by atoms with Crippen LogP contribution >= 0.6 is 11.6 Å². The van der Waals surface area contributed by atoms with Gasteiger partial charge in [-0.2, -0.15) is 0 Å². The number of carbonyl (C=O) groups excluding carboxylic acids is 2. The molecule has 1 unspecified atom stereocenters. The highest BCUT2D eigenvalue weighted by Gasteiger charge is 2.36. The normalized spacial score (nSPS) is 19.1. The first-order valence-electron chi connectivity index (χ1n) is 5.42. The molecule has 2 amide bonds. The molecule has 1 fully saturated rings. The fourth-order valence-corrected chi connectivity index (χ4v) is 2.00. The van der Waals surface area contributed by atoms with Gasteiger partial charge >= 0.3 is 0 Å². The number of carbonyl (C=O) groups is 2. The van der Waals surface area contributed by atoms with Gasteiger partial charge in [0.1, 0.15) is 11.1 Å². The minimum atomic E-state index is -0.853. The van der Waals surface area contributed by atoms with E-state index in [1.54, 1.807) is 0 Å². The van der Waals surface area contributed by atoms with Gasteiger partial charge in [0.25, 0.3) is 5.91 Å². The number of hydrogen-bond acceptors (Lipinski definition) is 5. The van der Waals surface area contributed by atoms with Crippen molar-refractivity contribution in [2.75, 3.05) is 23.8 Å². The van der Waals surface area contributed by atoms with E-state index in [0.717, 1.165) is 4.90 Å². The van der Waals surface area contributed by atoms with E-state index in [9.17, 15) is 14.0 Å². The Hall–Kier alpha value is -2.02. The molecule has 19 heavy (non-hydrogen) atoms. The minimum Gasteiger partial charge on any atom is -0.397 e. The number of rotatable bonds is 2. The van der Waals surface area contributed by atoms with Gasteiger partial charge in [0.2, 0.25) is 5.91 Å². The van der Waals surface area contributed by atoms with Crippen LogP contribution in [0.4, 0.5) is 21.5 Å². The summed E-state index contributed by atoms with van der Waals surface area (Å²) in [7, 11) is 1.36. The number of benzene rings is 1. The van der Waals surface area contributed by atoms with Gasteiger partial charge in [-0.3, -0.25) is 14.5 Å². The molecule has 5 N–H and O–H groups in total. The SMILES string of the molecule is CN1C(=O)CC(Nc2c(N)cc(N)c(Cl)c2F)C1=O. The summed E-state index contributed by atoms with van der Waals surface area (Å²) in [5.41, 5.74) is 11.0. The van der Waals surface area contributed by atoms with Crippen molar-refractivity contribution in [1.29, 1.82) is 0 Å². The van der Waals surface area contributed by atoms with Gasteiger partial charge in [0.05, 0.1) is 23.5 Å². The quantitative estimate of drug-likeness (QED) is 0.552. The maximum absolute atomic E-state index is 13.9. The monoisotopic (exact) mass is 286 g/mol. The summed E-state index contributed by atoms with van der Waals surface area (Å²) in [5, 5.41) is 2.33. The van der Waals surface area contributed by atoms with E-state index in [-0.39, 0.29) is 34.4 Å². The van der Waals surface area contributed by atoms with Crippen molar-refractivity contribution in [2.45, 2.75) is 12.5 Å². The second-order valence-electron chi connectivity index (χ2n) is 4.25. The standard InChI is InChI=1S/C11H12ClFN4O2/c1-17-7(18)3-6(11(17)19)16-10-5(15)2-4(14)8(12)9(10)13/h2,6,16H,3,14-15H2,1H3. The van der Waals surface area contributed by atoms with Gasteiger partial charge < -0.3 is 16.8 Å². The molecule has 0 aromatic heterocycles. The maximum atomic E-state index is 13.9. The van der Waals surface area contributed by atoms with Crippen molar-refractivity contribution in [3.05, 3.63) is 16.9 Å². The Morgan fingerprint density at radius 2 is 2.05 bits per heavy atom. The number of hydrogen-bond donors (Lipinski definition) is 3. The van der Waals surface area contributed by atoms with E-state index in [2.05, 4.69) is 5.32 Å². The summed E-state index contributed by atoms with van der Waals surface area (Å²) in [6.07, 6.45) is -0.0593. The van der Waals surface area contributed by atoms with Gasteiger partial charge in [-0.25, -0.2) is 4.39 Å². The van der Waals surface area contributed by atoms with Crippen LogP contribution in [0.25, 0.3) is 0 Å². The number of nitrogens with zero attached hydrogens (tertiary/aromatic N) is 1. The van der Waals surface area contributed by atoms with Crippen LogP contribution in [0, 0.1) is 5.82 Å². The second kappa shape index (κ2) is 4.58. The molecule has 1 aromatic carbocycles. The lowest BCUT2D eigenvalue weighted by atomic mass is 10.2. The number of nitrogen functional groups attached to an aromatic ring is 2. The van der Waals surface area contributed by atoms with Gasteiger partial charge in [-0.15, -0.1) is 0 Å². The van der Waals surface area contributed by atoms with Crippen molar-refractivity contribution >= 4 is 40.5 Å². The number of anilines is 3. The van der Waals surface area contributed by atoms with Crippen LogP contribution in [-0.2, 0) is 9.59 Å². The van der Waals surface area contributed by atoms with Crippen molar-refractivity contribution < 1.29 is 14.0 Å². The number of likely N-dealkylation sites (tertiary alicyclic amines) is 1. The fraction of sp³-hybridized carbons (Fsp3) is 0.273. The van der Waals surface area contributed by atoms with Crippen LogP contribution in [0.1, 0.15) is 6.42 Å². The Morgan fingerprint density at radius 1 is 1.42 bits per heavy atom. The van der Waals surface area contributed by atoms with E-state index in [0.29, 0.717) is 0 Å². The Kier molecular flexibility index (Phi) is 3.23. The minimum absolute atomic E-state index is 0.00756. The Labute approximate surface area is 113 Å². The topological polar surface area (TPSA) is 101 Å². The van der Waals surface area contributed by atoms with Crippen molar-refractivity contribution in [3.63, 3.8) is 0 Å². The third kappa shape index (κ3) is 2.17. The molecule has 1 saturated heterocycles. The van der Waals surface area contributed by atoms with Gasteiger partial charge in [-0.1, -0.05) is 11.6 Å². The number of nitrogens with two attached hydrogens (primary N) is 2. The number of imide groups is 1. The first-order valence-corrected chi connectivity index (χ1v) is 5.80. The molecule has 1 aliphatic rings. The lowest BCUT2D eigenvalue weighted by Crippen LogP contribution is -2.32. The van der Waals surface area contributed by atoms with Crippen LogP contribution in [-0.4, -0.2) is 29.8 Å². The lowest BCUT2D eigenvalue weighted by molar-refractivity contribution is -0.136. The number of halogens is 2. The maximum Gasteiger partial charge on any atom is 0.251 e. The molecule has 1 aliphatic heterocycles. The summed E-state index contributed by atoms with van der Waals surface area (Å²) >= 11 is 5.68. The largest absolute Gasteiger partial charge is 0.397 e. The summed E-state index contributed by atoms with van der Waals surface area (Å²) in [6.45, 7) is 0. The van der Waals surface area contributed by atoms with Gasteiger partial charge in [-0.05, 0) is 6.07 Å². The fourth-order valence-electron chi connectivity index (χ4n) is 1.86. The average Bonchev–Trinajstić information content (AvgIpc) is 2.59. The number of likely N-dealkylation sites (N-methyl/N-ethyl adjacent to an activating group) is 1. The molecule has 0 aliphatic carbocycles. The van der Waals surface area contributed by atoms with E-state index in [1.807, 2.05) is 0 Å². The van der Waals surface area contributed by atoms with E-state index in [4.69, 9.17) is 23.1 Å². The van der Waals surface area contributed by atoms with E-state index in [1.165, 1.54) is 13.1 Å². The Morgan fingerprint density at radius 3 is 2.58 bits per heavy atom. The van der Waals surface area contributed by atoms with Crippen LogP contribution in [0.3, 0.4) is 0 Å². The zero-order valence-electron chi connectivity index (χ0n) is 10.0. The van der Waals surface area contributed by atoms with Crippen molar-refractivity contribution in [3.8, 4) is 0 Å². The first-order chi connectivity index (χ1) is 8.82. The van der Waals surface area contributed by atoms with Crippen LogP contribution < -0.4 is 16.8 Å². The summed E-state index contributed by atoms with van der Waals surface area (Å²) in [6, 6.07) is 0.438. The molecule has 2 rings (SSSR count). The van der Waals surface area contributed by atoms with Crippen LogP contribution in [0.2, 0.25) is 5.02 Å². The molecule has 8 heteroatoms. The molecule has 0 spiro atoms. The lowest BCUT2D eigenvalue weighted by Gasteiger charge is -2.16. The van der Waals surface area contributed by atoms with Crippen molar-refractivity contribution in [2.24, 2.45) is 0 Å². The molecular formula is C11H12ClFN4O2. The van der Waals surface area contributed by atoms with Crippen molar-refractivity contribution in [1.82, 2.24) is 4.90 Å². The zero-order valence-corrected chi connectivity index (χ0v) is 10.8. The summed E-state index contributed by atoms with van der Waals surface area (Å²) in [4.78, 5) is 24.1. The third-order valence-electron chi connectivity index (χ3n) is 2.97. The van der Waals surface area contributed by atoms with Gasteiger partial charge in [0.15, 0.2) is 5.82 Å². The first kappa shape index (κ1) is 13.4. The highest BCUT2D eigenvalue weighted by Crippen LogP contribution is 2.34. The smallest absolute Gasteiger partial charge is 0.251 e. The van der Waals surface area contributed by atoms with E-state index >= 15 is 0 Å². The average molecular weight is 287 g/mol. The predicted octanol–water partition coefficient (Wildman–Crippen LogP) is 0.813. The molecule has 1 aromatic rings. The van der Waals surface area contributed by atoms with Crippen LogP contribution in [0.5, 0.6) is 0 Å². The molecule has 6 nitrogen and oxygen atoms in total. The molecule has 1 heterocycles. The van der Waals surface area contributed by atoms with Crippen LogP contribution in [0.15, 0.2) is 6.07 Å². The molecule has 1 atom stereocenters. The van der Waals surface area contributed by atoms with Gasteiger partial charge in [0, 0.05) is 7.05 Å². The molecule has 0 radical (unpaired) electrons. The van der Waals surface area contributed by atoms with E-state index < -0.39 is 17.8 Å². The predicted molar refractivity (Wildman–Crippen MR) is 70.0 cm³/mol. The molecule has 0 bridgehead atoms. The summed E-state index contributed by atoms with van der Waals surface area (Å²) in [5.74, 6) is -1.63. The second-order valence-corrected chi connectivity index (χ2v) is 4.63. The molecular weight excluding hydrogens is 275 g/mol. The summed E-state index contributed by atoms with van der Waals surface area (Å²) < 4.78 is 13.9. The number of amides is 2. The molecule has 0 saturated carbocycles. The Balaban J connectivity index is 2.33. The Bertz CT molecular complexity index is 578. The highest BCUT2D eigenvalue weighted by molar-refractivity contribution is 6.33. The molecule has 102 valence electrons. The zero-order chi connectivity index (χ0) is 14.3.